The molecule has 0 saturated heterocycles. The molecule has 5 heteroatoms. The van der Waals surface area contributed by atoms with Gasteiger partial charge in [-0.2, -0.15) is 0 Å². The number of aryl methyl sites for hydroxylation is 1. The van der Waals surface area contributed by atoms with Gasteiger partial charge in [-0.15, -0.1) is 0 Å². The van der Waals surface area contributed by atoms with Gasteiger partial charge in [-0.1, -0.05) is 12.1 Å². The molecule has 0 unspecified atom stereocenters. The number of hydrogen-bond donors (Lipinski definition) is 2. The number of carboxylic acid groups (broad SMARTS) is 1. The summed E-state index contributed by atoms with van der Waals surface area (Å²) in [5, 5.41) is 11.5. The Kier molecular flexibility index (Phi) is 5.55. The first-order valence-corrected chi connectivity index (χ1v) is 6.51. The smallest absolute Gasteiger partial charge is 0.310 e. The van der Waals surface area contributed by atoms with E-state index in [0.717, 1.165) is 11.3 Å². The Morgan fingerprint density at radius 1 is 1.35 bits per heavy atom. The van der Waals surface area contributed by atoms with Crippen molar-refractivity contribution in [1.82, 2.24) is 5.32 Å². The van der Waals surface area contributed by atoms with Gasteiger partial charge in [0.05, 0.1) is 18.4 Å². The molecule has 0 heterocycles. The van der Waals surface area contributed by atoms with Crippen LogP contribution in [-0.4, -0.2) is 30.1 Å². The Morgan fingerprint density at radius 3 is 2.65 bits per heavy atom. The second-order valence-corrected chi connectivity index (χ2v) is 5.38. The van der Waals surface area contributed by atoms with E-state index < -0.39 is 11.4 Å². The van der Waals surface area contributed by atoms with E-state index in [1.165, 1.54) is 0 Å². The van der Waals surface area contributed by atoms with E-state index in [0.29, 0.717) is 0 Å². The molecular formula is C15H21NO4. The van der Waals surface area contributed by atoms with Crippen molar-refractivity contribution in [3.63, 3.8) is 0 Å². The number of aliphatic carboxylic acids is 1. The lowest BCUT2D eigenvalue weighted by atomic mass is 9.94. The molecule has 0 fully saturated rings. The van der Waals surface area contributed by atoms with Crippen LogP contribution in [0, 0.1) is 12.3 Å². The van der Waals surface area contributed by atoms with E-state index in [2.05, 4.69) is 5.32 Å². The Labute approximate surface area is 118 Å². The predicted octanol–water partition coefficient (Wildman–Crippen LogP) is 1.99. The summed E-state index contributed by atoms with van der Waals surface area (Å²) < 4.78 is 5.46. The number of carbonyl (C=O) groups excluding carboxylic acids is 1. The SMILES string of the molecule is Cc1cccc(OCCC(=O)NCC(C)(C)C(=O)O)c1. The van der Waals surface area contributed by atoms with E-state index in [1.807, 2.05) is 31.2 Å². The summed E-state index contributed by atoms with van der Waals surface area (Å²) in [7, 11) is 0. The van der Waals surface area contributed by atoms with Gasteiger partial charge in [0.25, 0.3) is 0 Å². The van der Waals surface area contributed by atoms with Crippen molar-refractivity contribution in [1.29, 1.82) is 0 Å². The van der Waals surface area contributed by atoms with Crippen LogP contribution in [0.1, 0.15) is 25.8 Å². The minimum absolute atomic E-state index is 0.103. The third kappa shape index (κ3) is 5.30. The lowest BCUT2D eigenvalue weighted by molar-refractivity contribution is -0.146. The van der Waals surface area contributed by atoms with Crippen LogP contribution in [0.4, 0.5) is 0 Å². The minimum Gasteiger partial charge on any atom is -0.493 e. The fourth-order valence-electron chi connectivity index (χ4n) is 1.45. The molecule has 1 rings (SSSR count). The number of nitrogens with one attached hydrogen (secondary N) is 1. The third-order valence-corrected chi connectivity index (χ3v) is 2.89. The molecule has 1 amide bonds. The normalized spacial score (nSPS) is 10.9. The maximum atomic E-state index is 11.6. The van der Waals surface area contributed by atoms with Crippen molar-refractivity contribution in [2.24, 2.45) is 5.41 Å². The highest BCUT2D eigenvalue weighted by Crippen LogP contribution is 2.14. The molecule has 0 aliphatic heterocycles. The second kappa shape index (κ2) is 6.93. The van der Waals surface area contributed by atoms with Crippen LogP contribution in [0.5, 0.6) is 5.75 Å². The molecule has 0 aliphatic rings. The molecule has 0 saturated carbocycles. The summed E-state index contributed by atoms with van der Waals surface area (Å²) in [6.07, 6.45) is 0.198. The zero-order valence-corrected chi connectivity index (χ0v) is 12.1. The first-order chi connectivity index (χ1) is 9.31. The highest BCUT2D eigenvalue weighted by Gasteiger charge is 2.27. The van der Waals surface area contributed by atoms with Gasteiger partial charge in [0, 0.05) is 6.54 Å². The largest absolute Gasteiger partial charge is 0.493 e. The van der Waals surface area contributed by atoms with E-state index in [1.54, 1.807) is 13.8 Å². The van der Waals surface area contributed by atoms with Crippen LogP contribution >= 0.6 is 0 Å². The van der Waals surface area contributed by atoms with Crippen molar-refractivity contribution in [3.05, 3.63) is 29.8 Å². The van der Waals surface area contributed by atoms with Crippen LogP contribution < -0.4 is 10.1 Å². The molecule has 5 nitrogen and oxygen atoms in total. The van der Waals surface area contributed by atoms with Gasteiger partial charge in [-0.25, -0.2) is 0 Å². The molecule has 1 aromatic carbocycles. The highest BCUT2D eigenvalue weighted by atomic mass is 16.5. The van der Waals surface area contributed by atoms with Gasteiger partial charge >= 0.3 is 5.97 Å². The monoisotopic (exact) mass is 279 g/mol. The maximum absolute atomic E-state index is 11.6. The number of rotatable bonds is 7. The topological polar surface area (TPSA) is 75.6 Å². The lowest BCUT2D eigenvalue weighted by Gasteiger charge is -2.19. The van der Waals surface area contributed by atoms with Crippen LogP contribution in [0.2, 0.25) is 0 Å². The van der Waals surface area contributed by atoms with Crippen molar-refractivity contribution in [2.45, 2.75) is 27.2 Å². The predicted molar refractivity (Wildman–Crippen MR) is 75.7 cm³/mol. The number of benzene rings is 1. The van der Waals surface area contributed by atoms with Gasteiger partial charge in [-0.05, 0) is 38.5 Å². The number of ether oxygens (including phenoxy) is 1. The molecule has 0 aromatic heterocycles. The maximum Gasteiger partial charge on any atom is 0.310 e. The lowest BCUT2D eigenvalue weighted by Crippen LogP contribution is -2.39. The first kappa shape index (κ1) is 16.0. The number of amides is 1. The Hall–Kier alpha value is -2.04. The summed E-state index contributed by atoms with van der Waals surface area (Å²) in [5.41, 5.74) is 0.128. The van der Waals surface area contributed by atoms with E-state index >= 15 is 0 Å². The van der Waals surface area contributed by atoms with Gasteiger partial charge < -0.3 is 15.2 Å². The van der Waals surface area contributed by atoms with Crippen molar-refractivity contribution < 1.29 is 19.4 Å². The minimum atomic E-state index is -0.965. The van der Waals surface area contributed by atoms with E-state index in [4.69, 9.17) is 9.84 Å². The van der Waals surface area contributed by atoms with E-state index in [9.17, 15) is 9.59 Å². The first-order valence-electron chi connectivity index (χ1n) is 6.51. The molecule has 0 bridgehead atoms. The molecule has 0 atom stereocenters. The van der Waals surface area contributed by atoms with Gasteiger partial charge in [0.15, 0.2) is 0 Å². The standard InChI is InChI=1S/C15H21NO4/c1-11-5-4-6-12(9-11)20-8-7-13(17)16-10-15(2,3)14(18)19/h4-6,9H,7-8,10H2,1-3H3,(H,16,17)(H,18,19). The highest BCUT2D eigenvalue weighted by molar-refractivity contribution is 5.78. The Bertz CT molecular complexity index is 483. The zero-order chi connectivity index (χ0) is 15.2. The third-order valence-electron chi connectivity index (χ3n) is 2.89. The summed E-state index contributed by atoms with van der Waals surface area (Å²) in [5.74, 6) is -0.426. The summed E-state index contributed by atoms with van der Waals surface area (Å²) >= 11 is 0. The van der Waals surface area contributed by atoms with Gasteiger partial charge in [-0.3, -0.25) is 9.59 Å². The summed E-state index contributed by atoms with van der Waals surface area (Å²) in [4.78, 5) is 22.5. The van der Waals surface area contributed by atoms with Crippen LogP contribution in [-0.2, 0) is 9.59 Å². The van der Waals surface area contributed by atoms with Crippen molar-refractivity contribution in [3.8, 4) is 5.75 Å². The number of carboxylic acids is 1. The molecule has 110 valence electrons. The summed E-state index contributed by atoms with van der Waals surface area (Å²) in [6.45, 7) is 5.47. The number of carbonyl (C=O) groups is 2. The van der Waals surface area contributed by atoms with Crippen LogP contribution in [0.25, 0.3) is 0 Å². The van der Waals surface area contributed by atoms with Gasteiger partial charge in [0.1, 0.15) is 5.75 Å². The van der Waals surface area contributed by atoms with Crippen LogP contribution in [0.15, 0.2) is 24.3 Å². The average molecular weight is 279 g/mol. The fraction of sp³-hybridized carbons (Fsp3) is 0.467. The molecule has 0 aliphatic carbocycles. The molecule has 1 aromatic rings. The molecule has 2 N–H and O–H groups in total. The zero-order valence-electron chi connectivity index (χ0n) is 12.1. The van der Waals surface area contributed by atoms with Crippen LogP contribution in [0.3, 0.4) is 0 Å². The fourth-order valence-corrected chi connectivity index (χ4v) is 1.45. The second-order valence-electron chi connectivity index (χ2n) is 5.38. The van der Waals surface area contributed by atoms with E-state index in [-0.39, 0.29) is 25.5 Å². The molecule has 0 spiro atoms. The van der Waals surface area contributed by atoms with Crippen molar-refractivity contribution >= 4 is 11.9 Å². The Balaban J connectivity index is 2.29. The Morgan fingerprint density at radius 2 is 2.05 bits per heavy atom. The average Bonchev–Trinajstić information content (AvgIpc) is 2.36. The quantitative estimate of drug-likeness (QED) is 0.800. The molecular weight excluding hydrogens is 258 g/mol. The molecule has 20 heavy (non-hydrogen) atoms. The molecule has 0 radical (unpaired) electrons. The number of hydrogen-bond acceptors (Lipinski definition) is 3. The van der Waals surface area contributed by atoms with Gasteiger partial charge in [0.2, 0.25) is 5.91 Å². The van der Waals surface area contributed by atoms with Crippen molar-refractivity contribution in [2.75, 3.05) is 13.2 Å². The summed E-state index contributed by atoms with van der Waals surface area (Å²) in [6, 6.07) is 7.58.